The molecule has 1 aromatic carbocycles. The van der Waals surface area contributed by atoms with Gasteiger partial charge in [0.25, 0.3) is 0 Å². The van der Waals surface area contributed by atoms with Crippen molar-refractivity contribution in [2.75, 3.05) is 19.6 Å². The minimum atomic E-state index is -4.53. The Morgan fingerprint density at radius 1 is 1.30 bits per heavy atom. The van der Waals surface area contributed by atoms with Gasteiger partial charge < -0.3 is 5.32 Å². The van der Waals surface area contributed by atoms with E-state index < -0.39 is 17.6 Å². The first-order valence-electron chi connectivity index (χ1n) is 7.58. The summed E-state index contributed by atoms with van der Waals surface area (Å²) in [6.45, 7) is 3.90. The zero-order valence-electron chi connectivity index (χ0n) is 12.9. The molecule has 1 aliphatic rings. The first-order valence-corrected chi connectivity index (χ1v) is 7.58. The summed E-state index contributed by atoms with van der Waals surface area (Å²) in [5.41, 5.74) is -0.689. The largest absolute Gasteiger partial charge is 0.416 e. The van der Waals surface area contributed by atoms with E-state index in [0.29, 0.717) is 25.1 Å². The molecule has 1 fully saturated rings. The van der Waals surface area contributed by atoms with Crippen molar-refractivity contribution >= 4 is 5.91 Å². The molecule has 0 atom stereocenters. The van der Waals surface area contributed by atoms with Gasteiger partial charge in [0.15, 0.2) is 0 Å². The molecular formula is C16H20F4N2O. The van der Waals surface area contributed by atoms with Crippen molar-refractivity contribution in [3.63, 3.8) is 0 Å². The average molecular weight is 332 g/mol. The van der Waals surface area contributed by atoms with Gasteiger partial charge in [0.1, 0.15) is 5.82 Å². The molecule has 23 heavy (non-hydrogen) atoms. The third-order valence-electron chi connectivity index (χ3n) is 4.12. The lowest BCUT2D eigenvalue weighted by atomic mass is 9.96. The summed E-state index contributed by atoms with van der Waals surface area (Å²) in [7, 11) is 0. The number of amides is 1. The maximum absolute atomic E-state index is 13.8. The Morgan fingerprint density at radius 3 is 2.48 bits per heavy atom. The van der Waals surface area contributed by atoms with Crippen LogP contribution in [0.5, 0.6) is 0 Å². The first-order chi connectivity index (χ1) is 10.8. The number of nitrogens with one attached hydrogen (secondary N) is 1. The molecule has 0 radical (unpaired) electrons. The third kappa shape index (κ3) is 5.20. The number of hydrogen-bond acceptors (Lipinski definition) is 2. The molecule has 1 heterocycles. The van der Waals surface area contributed by atoms with Crippen LogP contribution in [0, 0.1) is 11.7 Å². The number of rotatable bonds is 4. The molecule has 0 bridgehead atoms. The summed E-state index contributed by atoms with van der Waals surface area (Å²) in [6, 6.07) is 2.68. The maximum atomic E-state index is 13.8. The number of benzene rings is 1. The van der Waals surface area contributed by atoms with Crippen molar-refractivity contribution in [1.82, 2.24) is 10.2 Å². The lowest BCUT2D eigenvalue weighted by Crippen LogP contribution is -2.38. The van der Waals surface area contributed by atoms with Gasteiger partial charge in [-0.25, -0.2) is 4.39 Å². The highest BCUT2D eigenvalue weighted by molar-refractivity contribution is 5.72. The van der Waals surface area contributed by atoms with Crippen molar-refractivity contribution in [3.8, 4) is 0 Å². The van der Waals surface area contributed by atoms with E-state index >= 15 is 0 Å². The van der Waals surface area contributed by atoms with Gasteiger partial charge in [0.2, 0.25) is 5.91 Å². The Bertz CT molecular complexity index is 552. The Balaban J connectivity index is 1.88. The second kappa shape index (κ2) is 7.29. The summed E-state index contributed by atoms with van der Waals surface area (Å²) >= 11 is 0. The van der Waals surface area contributed by atoms with Gasteiger partial charge in [-0.2, -0.15) is 13.2 Å². The molecular weight excluding hydrogens is 312 g/mol. The number of carbonyl (C=O) groups is 1. The fraction of sp³-hybridized carbons (Fsp3) is 0.562. The molecule has 0 aliphatic carbocycles. The monoisotopic (exact) mass is 332 g/mol. The van der Waals surface area contributed by atoms with E-state index in [-0.39, 0.29) is 11.5 Å². The SMILES string of the molecule is CC(=O)NCC1CCN(Cc2ccc(C(F)(F)F)cc2F)CC1. The normalized spacial score (nSPS) is 17.3. The molecule has 128 valence electrons. The number of nitrogens with zero attached hydrogens (tertiary/aromatic N) is 1. The quantitative estimate of drug-likeness (QED) is 0.859. The first kappa shape index (κ1) is 17.7. The zero-order chi connectivity index (χ0) is 17.0. The summed E-state index contributed by atoms with van der Waals surface area (Å²) in [6.07, 6.45) is -2.77. The van der Waals surface area contributed by atoms with Crippen LogP contribution in [0.1, 0.15) is 30.9 Å². The summed E-state index contributed by atoms with van der Waals surface area (Å²) in [4.78, 5) is 12.9. The molecule has 7 heteroatoms. The molecule has 0 spiro atoms. The lowest BCUT2D eigenvalue weighted by Gasteiger charge is -2.32. The topological polar surface area (TPSA) is 32.3 Å². The second-order valence-electron chi connectivity index (χ2n) is 5.96. The van der Waals surface area contributed by atoms with E-state index in [1.54, 1.807) is 0 Å². The summed E-state index contributed by atoms with van der Waals surface area (Å²) in [5.74, 6) is -0.480. The zero-order valence-corrected chi connectivity index (χ0v) is 12.9. The molecule has 1 N–H and O–H groups in total. The predicted octanol–water partition coefficient (Wildman–Crippen LogP) is 3.19. The predicted molar refractivity (Wildman–Crippen MR) is 78.1 cm³/mol. The Labute approximate surface area is 132 Å². The number of carbonyl (C=O) groups excluding carboxylic acids is 1. The minimum absolute atomic E-state index is 0.0562. The van der Waals surface area contributed by atoms with Crippen LogP contribution in [0.3, 0.4) is 0 Å². The van der Waals surface area contributed by atoms with Gasteiger partial charge in [-0.15, -0.1) is 0 Å². The van der Waals surface area contributed by atoms with Crippen LogP contribution in [0.15, 0.2) is 18.2 Å². The van der Waals surface area contributed by atoms with Gasteiger partial charge >= 0.3 is 6.18 Å². The molecule has 1 aromatic rings. The molecule has 1 amide bonds. The standard InChI is InChI=1S/C16H20F4N2O/c1-11(23)21-9-12-4-6-22(7-5-12)10-13-2-3-14(8-15(13)17)16(18,19)20/h2-3,8,12H,4-7,9-10H2,1H3,(H,21,23). The number of halogens is 4. The Morgan fingerprint density at radius 2 is 1.96 bits per heavy atom. The van der Waals surface area contributed by atoms with Gasteiger partial charge in [0.05, 0.1) is 5.56 Å². The fourth-order valence-electron chi connectivity index (χ4n) is 2.73. The van der Waals surface area contributed by atoms with E-state index in [4.69, 9.17) is 0 Å². The lowest BCUT2D eigenvalue weighted by molar-refractivity contribution is -0.137. The molecule has 2 rings (SSSR count). The Kier molecular flexibility index (Phi) is 5.62. The minimum Gasteiger partial charge on any atom is -0.356 e. The third-order valence-corrected chi connectivity index (χ3v) is 4.12. The van der Waals surface area contributed by atoms with Crippen LogP contribution in [-0.4, -0.2) is 30.4 Å². The van der Waals surface area contributed by atoms with Crippen LogP contribution >= 0.6 is 0 Å². The van der Waals surface area contributed by atoms with Crippen LogP contribution in [0.4, 0.5) is 17.6 Å². The van der Waals surface area contributed by atoms with Crippen molar-refractivity contribution in [3.05, 3.63) is 35.1 Å². The van der Waals surface area contributed by atoms with E-state index in [0.717, 1.165) is 32.0 Å². The van der Waals surface area contributed by atoms with E-state index in [2.05, 4.69) is 5.32 Å². The van der Waals surface area contributed by atoms with Crippen molar-refractivity contribution in [2.24, 2.45) is 5.92 Å². The van der Waals surface area contributed by atoms with Gasteiger partial charge in [-0.05, 0) is 44.0 Å². The molecule has 0 saturated carbocycles. The summed E-state index contributed by atoms with van der Waals surface area (Å²) in [5, 5.41) is 2.79. The highest BCUT2D eigenvalue weighted by Gasteiger charge is 2.31. The van der Waals surface area contributed by atoms with Crippen molar-refractivity contribution in [2.45, 2.75) is 32.5 Å². The smallest absolute Gasteiger partial charge is 0.356 e. The fourth-order valence-corrected chi connectivity index (χ4v) is 2.73. The van der Waals surface area contributed by atoms with Crippen LogP contribution in [0.25, 0.3) is 0 Å². The molecule has 0 aromatic heterocycles. The molecule has 1 saturated heterocycles. The number of alkyl halides is 3. The Hall–Kier alpha value is -1.63. The van der Waals surface area contributed by atoms with Crippen LogP contribution in [0.2, 0.25) is 0 Å². The van der Waals surface area contributed by atoms with E-state index in [9.17, 15) is 22.4 Å². The molecule has 1 aliphatic heterocycles. The van der Waals surface area contributed by atoms with Crippen LogP contribution < -0.4 is 5.32 Å². The maximum Gasteiger partial charge on any atom is 0.416 e. The number of piperidine rings is 1. The summed E-state index contributed by atoms with van der Waals surface area (Å²) < 4.78 is 51.4. The van der Waals surface area contributed by atoms with Crippen molar-refractivity contribution in [1.29, 1.82) is 0 Å². The number of hydrogen-bond donors (Lipinski definition) is 1. The van der Waals surface area contributed by atoms with Gasteiger partial charge in [0, 0.05) is 25.6 Å². The van der Waals surface area contributed by atoms with Crippen molar-refractivity contribution < 1.29 is 22.4 Å². The van der Waals surface area contributed by atoms with E-state index in [1.165, 1.54) is 13.0 Å². The van der Waals surface area contributed by atoms with Crippen LogP contribution in [-0.2, 0) is 17.5 Å². The highest BCUT2D eigenvalue weighted by atomic mass is 19.4. The second-order valence-corrected chi connectivity index (χ2v) is 5.96. The number of likely N-dealkylation sites (tertiary alicyclic amines) is 1. The highest BCUT2D eigenvalue weighted by Crippen LogP contribution is 2.30. The van der Waals surface area contributed by atoms with Gasteiger partial charge in [-0.3, -0.25) is 9.69 Å². The van der Waals surface area contributed by atoms with E-state index in [1.807, 2.05) is 4.90 Å². The molecule has 0 unspecified atom stereocenters. The average Bonchev–Trinajstić information content (AvgIpc) is 2.47. The molecule has 3 nitrogen and oxygen atoms in total. The van der Waals surface area contributed by atoms with Gasteiger partial charge in [-0.1, -0.05) is 6.07 Å².